The molecule has 0 aliphatic heterocycles. The Labute approximate surface area is 118 Å². The number of hydrogen-bond donors (Lipinski definition) is 2. The number of nitrogens with zero attached hydrogens (tertiary/aromatic N) is 1. The average molecular weight is 322 g/mol. The molecule has 1 aromatic carbocycles. The van der Waals surface area contributed by atoms with Crippen LogP contribution in [0.15, 0.2) is 41.0 Å². The molecule has 2 rings (SSSR count). The lowest BCUT2D eigenvalue weighted by atomic mass is 10.1. The first-order chi connectivity index (χ1) is 9.11. The van der Waals surface area contributed by atoms with Crippen molar-refractivity contribution in [2.75, 3.05) is 18.2 Å². The van der Waals surface area contributed by atoms with Gasteiger partial charge in [0, 0.05) is 11.9 Å². The number of aromatic nitrogens is 1. The van der Waals surface area contributed by atoms with Gasteiger partial charge in [0.05, 0.1) is 17.1 Å². The van der Waals surface area contributed by atoms with Crippen LogP contribution in [0, 0.1) is 0 Å². The van der Waals surface area contributed by atoms with Crippen molar-refractivity contribution >= 4 is 33.3 Å². The van der Waals surface area contributed by atoms with E-state index in [0.717, 1.165) is 0 Å². The Bertz CT molecular complexity index is 617. The number of nitrogens with two attached hydrogens (primary N) is 1. The van der Waals surface area contributed by atoms with Gasteiger partial charge in [-0.3, -0.25) is 4.79 Å². The molecule has 1 amide bonds. The second-order valence-electron chi connectivity index (χ2n) is 3.74. The van der Waals surface area contributed by atoms with Gasteiger partial charge in [-0.1, -0.05) is 0 Å². The van der Waals surface area contributed by atoms with Crippen LogP contribution in [0.1, 0.15) is 10.4 Å². The van der Waals surface area contributed by atoms with E-state index >= 15 is 0 Å². The molecule has 5 nitrogen and oxygen atoms in total. The van der Waals surface area contributed by atoms with Crippen molar-refractivity contribution in [3.05, 3.63) is 46.6 Å². The number of rotatable bonds is 3. The fourth-order valence-electron chi connectivity index (χ4n) is 1.51. The molecular formula is C13H12BrN3O2. The minimum atomic E-state index is -0.337. The number of pyridine rings is 1. The second kappa shape index (κ2) is 5.71. The quantitative estimate of drug-likeness (QED) is 0.852. The first kappa shape index (κ1) is 13.4. The summed E-state index contributed by atoms with van der Waals surface area (Å²) in [6.45, 7) is 0. The summed E-state index contributed by atoms with van der Waals surface area (Å²) < 4.78 is 5.77. The van der Waals surface area contributed by atoms with Crippen molar-refractivity contribution in [3.8, 4) is 5.75 Å². The van der Waals surface area contributed by atoms with Gasteiger partial charge < -0.3 is 15.8 Å². The van der Waals surface area contributed by atoms with E-state index in [0.29, 0.717) is 27.3 Å². The second-order valence-corrected chi connectivity index (χ2v) is 4.60. The predicted molar refractivity (Wildman–Crippen MR) is 77.3 cm³/mol. The highest BCUT2D eigenvalue weighted by molar-refractivity contribution is 9.10. The number of hydrogen-bond acceptors (Lipinski definition) is 4. The normalized spacial score (nSPS) is 10.0. The van der Waals surface area contributed by atoms with E-state index in [-0.39, 0.29) is 5.91 Å². The molecule has 0 atom stereocenters. The monoisotopic (exact) mass is 321 g/mol. The third-order valence-electron chi connectivity index (χ3n) is 2.50. The standard InChI is InChI=1S/C13H12BrN3O2/c1-19-8-4-5-11(15)9(7-8)13(18)17-12-10(14)3-2-6-16-12/h2-7H,15H2,1H3,(H,16,17,18). The molecule has 0 bridgehead atoms. The van der Waals surface area contributed by atoms with E-state index in [1.165, 1.54) is 7.11 Å². The van der Waals surface area contributed by atoms with Crippen molar-refractivity contribution in [2.24, 2.45) is 0 Å². The van der Waals surface area contributed by atoms with E-state index in [4.69, 9.17) is 10.5 Å². The third kappa shape index (κ3) is 3.03. The zero-order chi connectivity index (χ0) is 13.8. The van der Waals surface area contributed by atoms with Gasteiger partial charge in [-0.15, -0.1) is 0 Å². The summed E-state index contributed by atoms with van der Waals surface area (Å²) in [4.78, 5) is 16.2. The molecule has 1 aromatic heterocycles. The summed E-state index contributed by atoms with van der Waals surface area (Å²) in [6, 6.07) is 8.46. The fraction of sp³-hybridized carbons (Fsp3) is 0.0769. The van der Waals surface area contributed by atoms with E-state index in [1.54, 1.807) is 36.5 Å². The van der Waals surface area contributed by atoms with Crippen LogP contribution >= 0.6 is 15.9 Å². The molecule has 0 radical (unpaired) electrons. The number of methoxy groups -OCH3 is 1. The highest BCUT2D eigenvalue weighted by Crippen LogP contribution is 2.23. The minimum Gasteiger partial charge on any atom is -0.497 e. The Hall–Kier alpha value is -2.08. The van der Waals surface area contributed by atoms with Crippen LogP contribution in [-0.4, -0.2) is 18.0 Å². The summed E-state index contributed by atoms with van der Waals surface area (Å²) in [5.74, 6) is 0.671. The molecule has 1 heterocycles. The van der Waals surface area contributed by atoms with E-state index in [1.807, 2.05) is 0 Å². The number of anilines is 2. The molecule has 0 saturated heterocycles. The van der Waals surface area contributed by atoms with E-state index < -0.39 is 0 Å². The van der Waals surface area contributed by atoms with Crippen LogP contribution in [0.4, 0.5) is 11.5 Å². The van der Waals surface area contributed by atoms with Gasteiger partial charge in [0.15, 0.2) is 0 Å². The van der Waals surface area contributed by atoms with Crippen molar-refractivity contribution < 1.29 is 9.53 Å². The molecule has 0 fully saturated rings. The molecule has 3 N–H and O–H groups in total. The van der Waals surface area contributed by atoms with Crippen molar-refractivity contribution in [1.82, 2.24) is 4.98 Å². The van der Waals surface area contributed by atoms with E-state index in [9.17, 15) is 4.79 Å². The number of carbonyl (C=O) groups is 1. The molecule has 0 aliphatic rings. The summed E-state index contributed by atoms with van der Waals surface area (Å²) in [5, 5.41) is 2.69. The fourth-order valence-corrected chi connectivity index (χ4v) is 1.87. The molecule has 0 spiro atoms. The van der Waals surface area contributed by atoms with Gasteiger partial charge in [0.1, 0.15) is 11.6 Å². The number of nitrogens with one attached hydrogen (secondary N) is 1. The molecular weight excluding hydrogens is 310 g/mol. The molecule has 0 saturated carbocycles. The minimum absolute atomic E-state index is 0.337. The van der Waals surface area contributed by atoms with Crippen LogP contribution in [0.5, 0.6) is 5.75 Å². The van der Waals surface area contributed by atoms with Gasteiger partial charge in [-0.05, 0) is 46.3 Å². The van der Waals surface area contributed by atoms with E-state index in [2.05, 4.69) is 26.2 Å². The lowest BCUT2D eigenvalue weighted by Gasteiger charge is -2.09. The summed E-state index contributed by atoms with van der Waals surface area (Å²) in [6.07, 6.45) is 1.59. The topological polar surface area (TPSA) is 77.2 Å². The highest BCUT2D eigenvalue weighted by atomic mass is 79.9. The van der Waals surface area contributed by atoms with Crippen molar-refractivity contribution in [3.63, 3.8) is 0 Å². The summed E-state index contributed by atoms with van der Waals surface area (Å²) >= 11 is 3.31. The number of benzene rings is 1. The third-order valence-corrected chi connectivity index (χ3v) is 3.14. The molecule has 2 aromatic rings. The lowest BCUT2D eigenvalue weighted by Crippen LogP contribution is -2.15. The van der Waals surface area contributed by atoms with Gasteiger partial charge in [0.2, 0.25) is 0 Å². The van der Waals surface area contributed by atoms with Crippen LogP contribution in [0.2, 0.25) is 0 Å². The van der Waals surface area contributed by atoms with Crippen LogP contribution in [0.3, 0.4) is 0 Å². The van der Waals surface area contributed by atoms with Crippen LogP contribution in [0.25, 0.3) is 0 Å². The van der Waals surface area contributed by atoms with Crippen molar-refractivity contribution in [2.45, 2.75) is 0 Å². The van der Waals surface area contributed by atoms with Crippen LogP contribution < -0.4 is 15.8 Å². The number of amides is 1. The molecule has 19 heavy (non-hydrogen) atoms. The van der Waals surface area contributed by atoms with Crippen LogP contribution in [-0.2, 0) is 0 Å². The maximum atomic E-state index is 12.1. The molecule has 6 heteroatoms. The number of halogens is 1. The predicted octanol–water partition coefficient (Wildman–Crippen LogP) is 2.69. The Balaban J connectivity index is 2.28. The molecule has 0 aliphatic carbocycles. The SMILES string of the molecule is COc1ccc(N)c(C(=O)Nc2ncccc2Br)c1. The Morgan fingerprint density at radius 3 is 2.89 bits per heavy atom. The number of nitrogen functional groups attached to an aromatic ring is 1. The zero-order valence-electron chi connectivity index (χ0n) is 10.2. The maximum Gasteiger partial charge on any atom is 0.259 e. The first-order valence-corrected chi connectivity index (χ1v) is 6.26. The first-order valence-electron chi connectivity index (χ1n) is 5.47. The van der Waals surface area contributed by atoms with Crippen molar-refractivity contribution in [1.29, 1.82) is 0 Å². The van der Waals surface area contributed by atoms with Gasteiger partial charge in [0.25, 0.3) is 5.91 Å². The number of ether oxygens (including phenoxy) is 1. The average Bonchev–Trinajstić information content (AvgIpc) is 2.42. The molecule has 0 unspecified atom stereocenters. The Morgan fingerprint density at radius 2 is 2.21 bits per heavy atom. The Kier molecular flexibility index (Phi) is 4.01. The van der Waals surface area contributed by atoms with Gasteiger partial charge in [-0.25, -0.2) is 4.98 Å². The summed E-state index contributed by atoms with van der Waals surface area (Å²) in [5.41, 5.74) is 6.51. The van der Waals surface area contributed by atoms with Gasteiger partial charge in [-0.2, -0.15) is 0 Å². The maximum absolute atomic E-state index is 12.1. The molecule has 98 valence electrons. The smallest absolute Gasteiger partial charge is 0.259 e. The lowest BCUT2D eigenvalue weighted by molar-refractivity contribution is 0.102. The zero-order valence-corrected chi connectivity index (χ0v) is 11.8. The largest absolute Gasteiger partial charge is 0.497 e. The Morgan fingerprint density at radius 1 is 1.42 bits per heavy atom. The highest BCUT2D eigenvalue weighted by Gasteiger charge is 2.13. The number of carbonyl (C=O) groups excluding carboxylic acids is 1. The summed E-state index contributed by atoms with van der Waals surface area (Å²) in [7, 11) is 1.53. The van der Waals surface area contributed by atoms with Gasteiger partial charge >= 0.3 is 0 Å².